The molecule has 36 heavy (non-hydrogen) atoms. The van der Waals surface area contributed by atoms with Gasteiger partial charge in [-0.15, -0.1) is 0 Å². The number of carbonyl (C=O) groups excluding carboxylic acids is 2. The van der Waals surface area contributed by atoms with Crippen LogP contribution in [0.25, 0.3) is 44.7 Å². The molecule has 0 aliphatic carbocycles. The predicted octanol–water partition coefficient (Wildman–Crippen LogP) is 3.79. The van der Waals surface area contributed by atoms with Gasteiger partial charge in [0, 0.05) is 49.2 Å². The van der Waals surface area contributed by atoms with E-state index in [1.807, 2.05) is 26.0 Å². The molecule has 0 unspecified atom stereocenters. The Kier molecular flexibility index (Phi) is 6.11. The minimum Gasteiger partial charge on any atom is -0.339 e. The predicted molar refractivity (Wildman–Crippen MR) is 136 cm³/mol. The molecule has 0 radical (unpaired) electrons. The number of carbonyl (C=O) groups is 2. The van der Waals surface area contributed by atoms with Crippen molar-refractivity contribution in [3.05, 3.63) is 48.5 Å². The lowest BCUT2D eigenvalue weighted by molar-refractivity contribution is -0.115. The second-order valence-corrected chi connectivity index (χ2v) is 8.17. The molecule has 0 saturated carbocycles. The standard InChI is InChI=1S/C25H25N9O2/c1-4-20(35)30-19-8-7-14(10-27-19)15-9-16-22(32-33-23(16)28-11-15)24-29-18-13-26-12-17(21(18)31-24)25(36)34(5-2)6-3/h7-13H,4-6H2,1-3H3,(H,29,31)(H,27,30,35)(H,28,32,33). The zero-order valence-electron chi connectivity index (χ0n) is 20.2. The number of imidazole rings is 1. The number of rotatable bonds is 7. The van der Waals surface area contributed by atoms with E-state index in [1.165, 1.54) is 0 Å². The van der Waals surface area contributed by atoms with E-state index in [0.29, 0.717) is 59.1 Å². The van der Waals surface area contributed by atoms with Gasteiger partial charge in [0.2, 0.25) is 5.91 Å². The topological polar surface area (TPSA) is 145 Å². The van der Waals surface area contributed by atoms with Crippen molar-refractivity contribution >= 4 is 39.7 Å². The maximum Gasteiger partial charge on any atom is 0.257 e. The second-order valence-electron chi connectivity index (χ2n) is 8.17. The molecule has 5 rings (SSSR count). The van der Waals surface area contributed by atoms with E-state index >= 15 is 0 Å². The van der Waals surface area contributed by atoms with Crippen LogP contribution in [0.3, 0.4) is 0 Å². The molecule has 0 fully saturated rings. The number of hydrogen-bond donors (Lipinski definition) is 3. The van der Waals surface area contributed by atoms with Gasteiger partial charge in [-0.25, -0.2) is 15.0 Å². The van der Waals surface area contributed by atoms with Crippen molar-refractivity contribution in [2.45, 2.75) is 27.2 Å². The molecule has 5 heterocycles. The van der Waals surface area contributed by atoms with Crippen LogP contribution >= 0.6 is 0 Å². The summed E-state index contributed by atoms with van der Waals surface area (Å²) in [6, 6.07) is 5.58. The van der Waals surface area contributed by atoms with Crippen LogP contribution in [0, 0.1) is 0 Å². The maximum absolute atomic E-state index is 13.0. The molecular weight excluding hydrogens is 458 g/mol. The highest BCUT2D eigenvalue weighted by Crippen LogP contribution is 2.30. The third-order valence-corrected chi connectivity index (χ3v) is 6.00. The normalized spacial score (nSPS) is 11.2. The fourth-order valence-electron chi connectivity index (χ4n) is 3.99. The lowest BCUT2D eigenvalue weighted by atomic mass is 10.1. The number of hydrogen-bond acceptors (Lipinski definition) is 7. The number of nitrogens with zero attached hydrogens (tertiary/aromatic N) is 6. The number of H-pyrrole nitrogens is 2. The van der Waals surface area contributed by atoms with Crippen molar-refractivity contribution in [3.8, 4) is 22.6 Å². The quantitative estimate of drug-likeness (QED) is 0.319. The number of aromatic nitrogens is 7. The minimum absolute atomic E-state index is 0.0932. The van der Waals surface area contributed by atoms with Gasteiger partial charge < -0.3 is 15.2 Å². The molecule has 5 aromatic heterocycles. The maximum atomic E-state index is 13.0. The van der Waals surface area contributed by atoms with Crippen LogP contribution in [-0.2, 0) is 4.79 Å². The molecule has 11 nitrogen and oxygen atoms in total. The zero-order chi connectivity index (χ0) is 25.2. The Labute approximate surface area is 206 Å². The van der Waals surface area contributed by atoms with Crippen molar-refractivity contribution < 1.29 is 9.59 Å². The lowest BCUT2D eigenvalue weighted by Gasteiger charge is -2.18. The lowest BCUT2D eigenvalue weighted by Crippen LogP contribution is -2.30. The van der Waals surface area contributed by atoms with Gasteiger partial charge in [0.15, 0.2) is 11.5 Å². The monoisotopic (exact) mass is 483 g/mol. The third-order valence-electron chi connectivity index (χ3n) is 6.00. The number of amides is 2. The van der Waals surface area contributed by atoms with E-state index in [-0.39, 0.29) is 11.8 Å². The van der Waals surface area contributed by atoms with Crippen molar-refractivity contribution in [2.75, 3.05) is 18.4 Å². The first kappa shape index (κ1) is 23.1. The average molecular weight is 484 g/mol. The Morgan fingerprint density at radius 1 is 1.00 bits per heavy atom. The Morgan fingerprint density at radius 3 is 2.53 bits per heavy atom. The van der Waals surface area contributed by atoms with E-state index in [2.05, 4.69) is 35.5 Å². The summed E-state index contributed by atoms with van der Waals surface area (Å²) < 4.78 is 0. The number of fused-ring (bicyclic) bond motifs is 2. The molecule has 182 valence electrons. The fourth-order valence-corrected chi connectivity index (χ4v) is 3.99. The van der Waals surface area contributed by atoms with Gasteiger partial charge in [-0.2, -0.15) is 5.10 Å². The van der Waals surface area contributed by atoms with Crippen molar-refractivity contribution in [1.29, 1.82) is 0 Å². The van der Waals surface area contributed by atoms with Crippen LogP contribution < -0.4 is 5.32 Å². The van der Waals surface area contributed by atoms with Crippen LogP contribution in [0.2, 0.25) is 0 Å². The highest BCUT2D eigenvalue weighted by molar-refractivity contribution is 6.05. The third kappa shape index (κ3) is 4.15. The van der Waals surface area contributed by atoms with Gasteiger partial charge in [0.05, 0.1) is 22.7 Å². The second kappa shape index (κ2) is 9.53. The fraction of sp³-hybridized carbons (Fsp3) is 0.240. The highest BCUT2D eigenvalue weighted by atomic mass is 16.2. The smallest absolute Gasteiger partial charge is 0.257 e. The number of anilines is 1. The van der Waals surface area contributed by atoms with E-state index < -0.39 is 0 Å². The molecule has 0 aliphatic heterocycles. The Morgan fingerprint density at radius 2 is 1.81 bits per heavy atom. The SMILES string of the molecule is CCC(=O)Nc1ccc(-c2cnc3[nH]nc(-c4nc5c(C(=O)N(CC)CC)cncc5[nH]4)c3c2)cn1. The van der Waals surface area contributed by atoms with E-state index in [1.54, 1.807) is 42.7 Å². The molecule has 0 bridgehead atoms. The minimum atomic E-state index is -0.113. The highest BCUT2D eigenvalue weighted by Gasteiger charge is 2.21. The van der Waals surface area contributed by atoms with Gasteiger partial charge in [0.1, 0.15) is 17.0 Å². The molecule has 3 N–H and O–H groups in total. The molecule has 11 heteroatoms. The molecule has 2 amide bonds. The number of aromatic amines is 2. The van der Waals surface area contributed by atoms with Crippen molar-refractivity contribution in [2.24, 2.45) is 0 Å². The van der Waals surface area contributed by atoms with Crippen LogP contribution in [0.1, 0.15) is 37.6 Å². The average Bonchev–Trinajstić information content (AvgIpc) is 3.53. The number of nitrogens with one attached hydrogen (secondary N) is 3. The summed E-state index contributed by atoms with van der Waals surface area (Å²) in [4.78, 5) is 47.4. The Bertz CT molecular complexity index is 1570. The molecule has 0 aromatic carbocycles. The van der Waals surface area contributed by atoms with Crippen molar-refractivity contribution in [1.82, 2.24) is 40.0 Å². The van der Waals surface area contributed by atoms with E-state index in [9.17, 15) is 9.59 Å². The molecule has 0 spiro atoms. The van der Waals surface area contributed by atoms with Crippen molar-refractivity contribution in [3.63, 3.8) is 0 Å². The number of pyridine rings is 3. The van der Waals surface area contributed by atoms with Gasteiger partial charge in [-0.3, -0.25) is 19.7 Å². The summed E-state index contributed by atoms with van der Waals surface area (Å²) in [6.45, 7) is 6.87. The first-order valence-corrected chi connectivity index (χ1v) is 11.8. The summed E-state index contributed by atoms with van der Waals surface area (Å²) >= 11 is 0. The van der Waals surface area contributed by atoms with Gasteiger partial charge >= 0.3 is 0 Å². The van der Waals surface area contributed by atoms with Crippen LogP contribution in [0.4, 0.5) is 5.82 Å². The summed E-state index contributed by atoms with van der Waals surface area (Å²) in [6.07, 6.45) is 7.00. The molecule has 0 atom stereocenters. The summed E-state index contributed by atoms with van der Waals surface area (Å²) in [7, 11) is 0. The van der Waals surface area contributed by atoms with Crippen LogP contribution in [0.15, 0.2) is 43.0 Å². The molecular formula is C25H25N9O2. The largest absolute Gasteiger partial charge is 0.339 e. The van der Waals surface area contributed by atoms with Gasteiger partial charge in [0.25, 0.3) is 5.91 Å². The first-order chi connectivity index (χ1) is 17.5. The zero-order valence-corrected chi connectivity index (χ0v) is 20.2. The first-order valence-electron chi connectivity index (χ1n) is 11.8. The van der Waals surface area contributed by atoms with E-state index in [4.69, 9.17) is 4.98 Å². The summed E-state index contributed by atoms with van der Waals surface area (Å²) in [5, 5.41) is 10.9. The van der Waals surface area contributed by atoms with Crippen LogP contribution in [0.5, 0.6) is 0 Å². The summed E-state index contributed by atoms with van der Waals surface area (Å²) in [5.74, 6) is 0.796. The van der Waals surface area contributed by atoms with Gasteiger partial charge in [-0.1, -0.05) is 6.92 Å². The Hall–Kier alpha value is -4.67. The van der Waals surface area contributed by atoms with Crippen LogP contribution in [-0.4, -0.2) is 64.9 Å². The molecule has 5 aromatic rings. The molecule has 0 saturated heterocycles. The summed E-state index contributed by atoms with van der Waals surface area (Å²) in [5.41, 5.74) is 4.50. The van der Waals surface area contributed by atoms with Gasteiger partial charge in [-0.05, 0) is 32.0 Å². The van der Waals surface area contributed by atoms with E-state index in [0.717, 1.165) is 16.5 Å². The molecule has 0 aliphatic rings. The Balaban J connectivity index is 1.52.